The van der Waals surface area contributed by atoms with E-state index in [1.165, 1.54) is 10.9 Å². The van der Waals surface area contributed by atoms with Crippen LogP contribution in [-0.4, -0.2) is 37.7 Å². The van der Waals surface area contributed by atoms with Crippen molar-refractivity contribution in [1.29, 1.82) is 0 Å². The highest BCUT2D eigenvalue weighted by atomic mass is 32.2. The van der Waals surface area contributed by atoms with E-state index in [0.717, 1.165) is 0 Å². The van der Waals surface area contributed by atoms with Gasteiger partial charge in [0.1, 0.15) is 0 Å². The number of nitrogen functional groups attached to an aromatic ring is 1. The Hall–Kier alpha value is -1.12. The van der Waals surface area contributed by atoms with Crippen molar-refractivity contribution in [3.05, 3.63) is 6.33 Å². The van der Waals surface area contributed by atoms with Crippen molar-refractivity contribution in [3.63, 3.8) is 0 Å². The predicted molar refractivity (Wildman–Crippen MR) is 73.1 cm³/mol. The van der Waals surface area contributed by atoms with Crippen molar-refractivity contribution in [1.82, 2.24) is 14.3 Å². The van der Waals surface area contributed by atoms with Crippen molar-refractivity contribution >= 4 is 15.8 Å². The lowest BCUT2D eigenvalue weighted by atomic mass is 10.2. The highest BCUT2D eigenvalue weighted by Gasteiger charge is 2.21. The van der Waals surface area contributed by atoms with E-state index < -0.39 is 10.0 Å². The van der Waals surface area contributed by atoms with Crippen LogP contribution in [0.1, 0.15) is 20.3 Å². The van der Waals surface area contributed by atoms with Crippen LogP contribution in [0.5, 0.6) is 0 Å². The van der Waals surface area contributed by atoms with Crippen molar-refractivity contribution in [3.8, 4) is 0 Å². The van der Waals surface area contributed by atoms with Gasteiger partial charge in [0, 0.05) is 26.8 Å². The fourth-order valence-electron chi connectivity index (χ4n) is 1.53. The molecule has 8 heteroatoms. The van der Waals surface area contributed by atoms with E-state index in [1.807, 2.05) is 0 Å². The van der Waals surface area contributed by atoms with E-state index in [2.05, 4.69) is 23.6 Å². The third kappa shape index (κ3) is 4.81. The second kappa shape index (κ2) is 6.88. The SMILES string of the molecule is CC(C)COCCCNS(=O)(=O)c1c(N)ncn1C. The van der Waals surface area contributed by atoms with Crippen LogP contribution in [0.3, 0.4) is 0 Å². The lowest BCUT2D eigenvalue weighted by Crippen LogP contribution is -2.28. The Bertz CT molecular complexity index is 477. The van der Waals surface area contributed by atoms with Crippen molar-refractivity contribution in [2.45, 2.75) is 25.3 Å². The molecule has 0 spiro atoms. The zero-order valence-electron chi connectivity index (χ0n) is 11.6. The number of aromatic nitrogens is 2. The Labute approximate surface area is 114 Å². The number of hydrogen-bond acceptors (Lipinski definition) is 5. The number of ether oxygens (including phenoxy) is 1. The van der Waals surface area contributed by atoms with Crippen LogP contribution in [-0.2, 0) is 21.8 Å². The average Bonchev–Trinajstić information content (AvgIpc) is 2.63. The van der Waals surface area contributed by atoms with Gasteiger partial charge in [-0.15, -0.1) is 0 Å². The maximum absolute atomic E-state index is 12.0. The molecule has 1 rings (SSSR count). The topological polar surface area (TPSA) is 99.2 Å². The first-order chi connectivity index (χ1) is 8.84. The minimum atomic E-state index is -3.61. The number of anilines is 1. The lowest BCUT2D eigenvalue weighted by molar-refractivity contribution is 0.108. The normalized spacial score (nSPS) is 12.2. The summed E-state index contributed by atoms with van der Waals surface area (Å²) in [7, 11) is -2.02. The van der Waals surface area contributed by atoms with Crippen LogP contribution < -0.4 is 10.5 Å². The van der Waals surface area contributed by atoms with Crippen LogP contribution in [0.4, 0.5) is 5.82 Å². The van der Waals surface area contributed by atoms with Gasteiger partial charge in [0.25, 0.3) is 10.0 Å². The van der Waals surface area contributed by atoms with Gasteiger partial charge in [0.15, 0.2) is 10.8 Å². The standard InChI is InChI=1S/C11H22N4O3S/c1-9(2)7-18-6-4-5-14-19(16,17)11-10(12)13-8-15(11)3/h8-9,14H,4-7,12H2,1-3H3. The number of rotatable bonds is 8. The van der Waals surface area contributed by atoms with Crippen molar-refractivity contribution in [2.24, 2.45) is 13.0 Å². The summed E-state index contributed by atoms with van der Waals surface area (Å²) in [4.78, 5) is 3.76. The molecule has 0 saturated carbocycles. The molecule has 0 aliphatic carbocycles. The fraction of sp³-hybridized carbons (Fsp3) is 0.727. The molecule has 0 amide bonds. The Balaban J connectivity index is 2.40. The van der Waals surface area contributed by atoms with Gasteiger partial charge in [-0.05, 0) is 12.3 Å². The molecule has 7 nitrogen and oxygen atoms in total. The highest BCUT2D eigenvalue weighted by Crippen LogP contribution is 2.14. The van der Waals surface area contributed by atoms with Gasteiger partial charge in [0.2, 0.25) is 0 Å². The lowest BCUT2D eigenvalue weighted by Gasteiger charge is -2.09. The zero-order chi connectivity index (χ0) is 14.5. The first-order valence-corrected chi connectivity index (χ1v) is 7.67. The first kappa shape index (κ1) is 15.9. The molecule has 0 aliphatic heterocycles. The second-order valence-electron chi connectivity index (χ2n) is 4.77. The number of aryl methyl sites for hydroxylation is 1. The van der Waals surface area contributed by atoms with Crippen LogP contribution in [0, 0.1) is 5.92 Å². The van der Waals surface area contributed by atoms with Gasteiger partial charge in [-0.25, -0.2) is 18.1 Å². The van der Waals surface area contributed by atoms with E-state index in [4.69, 9.17) is 10.5 Å². The summed E-state index contributed by atoms with van der Waals surface area (Å²) in [6.07, 6.45) is 1.99. The first-order valence-electron chi connectivity index (χ1n) is 6.18. The van der Waals surface area contributed by atoms with Gasteiger partial charge in [-0.2, -0.15) is 0 Å². The monoisotopic (exact) mass is 290 g/mol. The molecule has 0 radical (unpaired) electrons. The Morgan fingerprint density at radius 2 is 2.21 bits per heavy atom. The molecule has 1 aromatic heterocycles. The molecule has 0 unspecified atom stereocenters. The molecule has 0 aromatic carbocycles. The molecule has 110 valence electrons. The zero-order valence-corrected chi connectivity index (χ0v) is 12.4. The maximum atomic E-state index is 12.0. The Kier molecular flexibility index (Phi) is 5.77. The number of hydrogen-bond donors (Lipinski definition) is 2. The number of nitrogens with one attached hydrogen (secondary N) is 1. The Morgan fingerprint density at radius 1 is 1.53 bits per heavy atom. The maximum Gasteiger partial charge on any atom is 0.260 e. The predicted octanol–water partition coefficient (Wildman–Crippen LogP) is 0.343. The fourth-order valence-corrected chi connectivity index (χ4v) is 2.84. The largest absolute Gasteiger partial charge is 0.381 e. The third-order valence-electron chi connectivity index (χ3n) is 2.37. The van der Waals surface area contributed by atoms with E-state index >= 15 is 0 Å². The smallest absolute Gasteiger partial charge is 0.260 e. The molecule has 0 atom stereocenters. The number of sulfonamides is 1. The summed E-state index contributed by atoms with van der Waals surface area (Å²) in [5.41, 5.74) is 5.54. The molecule has 1 aromatic rings. The summed E-state index contributed by atoms with van der Waals surface area (Å²) >= 11 is 0. The summed E-state index contributed by atoms with van der Waals surface area (Å²) in [5, 5.41) is -0.00408. The van der Waals surface area contributed by atoms with Crippen molar-refractivity contribution < 1.29 is 13.2 Å². The van der Waals surface area contributed by atoms with Crippen LogP contribution >= 0.6 is 0 Å². The quantitative estimate of drug-likeness (QED) is 0.673. The average molecular weight is 290 g/mol. The highest BCUT2D eigenvalue weighted by molar-refractivity contribution is 7.89. The second-order valence-corrected chi connectivity index (χ2v) is 6.45. The third-order valence-corrected chi connectivity index (χ3v) is 3.96. The number of nitrogens with two attached hydrogens (primary N) is 1. The van der Waals surface area contributed by atoms with Gasteiger partial charge >= 0.3 is 0 Å². The van der Waals surface area contributed by atoms with Gasteiger partial charge in [0.05, 0.1) is 6.33 Å². The molecule has 0 saturated heterocycles. The molecule has 0 fully saturated rings. The van der Waals surface area contributed by atoms with E-state index in [-0.39, 0.29) is 10.8 Å². The molecular formula is C11H22N4O3S. The molecule has 1 heterocycles. The minimum Gasteiger partial charge on any atom is -0.381 e. The summed E-state index contributed by atoms with van der Waals surface area (Å²) in [6, 6.07) is 0. The number of nitrogens with zero attached hydrogens (tertiary/aromatic N) is 2. The van der Waals surface area contributed by atoms with Crippen molar-refractivity contribution in [2.75, 3.05) is 25.5 Å². The molecule has 19 heavy (non-hydrogen) atoms. The molecule has 0 bridgehead atoms. The summed E-state index contributed by atoms with van der Waals surface area (Å²) in [5.74, 6) is 0.483. The van der Waals surface area contributed by atoms with Crippen LogP contribution in [0.15, 0.2) is 11.4 Å². The van der Waals surface area contributed by atoms with E-state index in [0.29, 0.717) is 32.1 Å². The molecule has 0 aliphatic rings. The Morgan fingerprint density at radius 3 is 2.74 bits per heavy atom. The molecule has 3 N–H and O–H groups in total. The summed E-state index contributed by atoms with van der Waals surface area (Å²) in [6.45, 7) is 5.65. The molecular weight excluding hydrogens is 268 g/mol. The van der Waals surface area contributed by atoms with Crippen LogP contribution in [0.2, 0.25) is 0 Å². The van der Waals surface area contributed by atoms with Gasteiger partial charge in [-0.1, -0.05) is 13.8 Å². The van der Waals surface area contributed by atoms with Crippen LogP contribution in [0.25, 0.3) is 0 Å². The van der Waals surface area contributed by atoms with Gasteiger partial charge in [-0.3, -0.25) is 0 Å². The number of imidazole rings is 1. The minimum absolute atomic E-state index is 0.00408. The van der Waals surface area contributed by atoms with E-state index in [9.17, 15) is 8.42 Å². The summed E-state index contributed by atoms with van der Waals surface area (Å²) < 4.78 is 33.2. The van der Waals surface area contributed by atoms with Gasteiger partial charge < -0.3 is 15.0 Å². The van der Waals surface area contributed by atoms with E-state index in [1.54, 1.807) is 7.05 Å².